The van der Waals surface area contributed by atoms with Gasteiger partial charge in [0.05, 0.1) is 6.61 Å². The van der Waals surface area contributed by atoms with Crippen LogP contribution in [-0.2, 0) is 0 Å². The minimum Gasteiger partial charge on any atom is -0.491 e. The molecule has 0 unspecified atom stereocenters. The fourth-order valence-electron chi connectivity index (χ4n) is 2.05. The van der Waals surface area contributed by atoms with Crippen LogP contribution in [0.5, 0.6) is 5.75 Å². The van der Waals surface area contributed by atoms with Gasteiger partial charge < -0.3 is 10.1 Å². The molecular formula is C17H24N2O. The zero-order chi connectivity index (χ0) is 14.6. The summed E-state index contributed by atoms with van der Waals surface area (Å²) in [6.07, 6.45) is 0.986. The van der Waals surface area contributed by atoms with Gasteiger partial charge >= 0.3 is 0 Å². The van der Waals surface area contributed by atoms with Gasteiger partial charge in [0, 0.05) is 16.6 Å². The summed E-state index contributed by atoms with van der Waals surface area (Å²) in [5.74, 6) is 0.877. The molecule has 108 valence electrons. The van der Waals surface area contributed by atoms with Gasteiger partial charge in [-0.25, -0.2) is 4.98 Å². The van der Waals surface area contributed by atoms with E-state index in [2.05, 4.69) is 43.2 Å². The van der Waals surface area contributed by atoms with Gasteiger partial charge in [-0.1, -0.05) is 18.2 Å². The zero-order valence-electron chi connectivity index (χ0n) is 12.9. The molecule has 3 nitrogen and oxygen atoms in total. The van der Waals surface area contributed by atoms with Crippen LogP contribution >= 0.6 is 0 Å². The third kappa shape index (κ3) is 4.20. The van der Waals surface area contributed by atoms with Crippen LogP contribution in [-0.4, -0.2) is 23.7 Å². The maximum Gasteiger partial charge on any atom is 0.145 e. The maximum atomic E-state index is 5.89. The Balaban J connectivity index is 1.95. The van der Waals surface area contributed by atoms with Crippen molar-refractivity contribution in [3.05, 3.63) is 36.0 Å². The second-order valence-corrected chi connectivity index (χ2v) is 6.16. The molecule has 0 saturated carbocycles. The molecule has 20 heavy (non-hydrogen) atoms. The van der Waals surface area contributed by atoms with Crippen molar-refractivity contribution in [2.45, 2.75) is 39.7 Å². The number of benzene rings is 1. The lowest BCUT2D eigenvalue weighted by Crippen LogP contribution is -2.36. The van der Waals surface area contributed by atoms with Crippen molar-refractivity contribution in [1.82, 2.24) is 10.3 Å². The Bertz CT molecular complexity index is 573. The monoisotopic (exact) mass is 272 g/mol. The molecule has 0 amide bonds. The average molecular weight is 272 g/mol. The molecule has 0 atom stereocenters. The van der Waals surface area contributed by atoms with E-state index in [4.69, 9.17) is 4.74 Å². The van der Waals surface area contributed by atoms with Crippen LogP contribution in [0.2, 0.25) is 0 Å². The molecule has 0 spiro atoms. The van der Waals surface area contributed by atoms with E-state index in [1.807, 2.05) is 25.1 Å². The molecule has 0 fully saturated rings. The van der Waals surface area contributed by atoms with Gasteiger partial charge in [0.1, 0.15) is 11.3 Å². The number of aryl methyl sites for hydroxylation is 1. The second kappa shape index (κ2) is 6.23. The number of pyridine rings is 1. The molecule has 0 bridgehead atoms. The highest BCUT2D eigenvalue weighted by atomic mass is 16.5. The van der Waals surface area contributed by atoms with Crippen LogP contribution in [0.4, 0.5) is 0 Å². The second-order valence-electron chi connectivity index (χ2n) is 6.16. The topological polar surface area (TPSA) is 34.1 Å². The summed E-state index contributed by atoms with van der Waals surface area (Å²) >= 11 is 0. The van der Waals surface area contributed by atoms with E-state index in [1.54, 1.807) is 0 Å². The van der Waals surface area contributed by atoms with Crippen molar-refractivity contribution < 1.29 is 4.74 Å². The highest BCUT2D eigenvalue weighted by Gasteiger charge is 2.08. The molecule has 0 aliphatic rings. The number of rotatable bonds is 5. The number of para-hydroxylation sites is 1. The smallest absolute Gasteiger partial charge is 0.145 e. The minimum absolute atomic E-state index is 0.165. The molecule has 2 aromatic rings. The molecule has 0 aliphatic carbocycles. The van der Waals surface area contributed by atoms with Gasteiger partial charge in [0.15, 0.2) is 0 Å². The first-order valence-electron chi connectivity index (χ1n) is 7.20. The summed E-state index contributed by atoms with van der Waals surface area (Å²) in [5, 5.41) is 4.58. The Morgan fingerprint density at radius 3 is 2.70 bits per heavy atom. The standard InChI is InChI=1S/C17H24N2O/c1-13-9-10-14-7-5-8-15(16(14)19-13)20-12-6-11-18-17(2,3)4/h5,7-10,18H,6,11-12H2,1-4H3. The Kier molecular flexibility index (Phi) is 4.61. The molecule has 2 rings (SSSR count). The highest BCUT2D eigenvalue weighted by molar-refractivity contribution is 5.84. The largest absolute Gasteiger partial charge is 0.491 e. The van der Waals surface area contributed by atoms with E-state index < -0.39 is 0 Å². The number of aromatic nitrogens is 1. The molecule has 1 heterocycles. The van der Waals surface area contributed by atoms with E-state index in [1.165, 1.54) is 0 Å². The molecule has 1 aromatic carbocycles. The minimum atomic E-state index is 0.165. The Hall–Kier alpha value is -1.61. The summed E-state index contributed by atoms with van der Waals surface area (Å²) in [6, 6.07) is 10.2. The molecular weight excluding hydrogens is 248 g/mol. The average Bonchev–Trinajstić information content (AvgIpc) is 2.37. The Morgan fingerprint density at radius 1 is 1.15 bits per heavy atom. The molecule has 0 saturated heterocycles. The predicted molar refractivity (Wildman–Crippen MR) is 84.3 cm³/mol. The van der Waals surface area contributed by atoms with Crippen molar-refractivity contribution >= 4 is 10.9 Å². The lowest BCUT2D eigenvalue weighted by atomic mass is 10.1. The van der Waals surface area contributed by atoms with Gasteiger partial charge in [-0.2, -0.15) is 0 Å². The van der Waals surface area contributed by atoms with E-state index >= 15 is 0 Å². The summed E-state index contributed by atoms with van der Waals surface area (Å²) in [6.45, 7) is 10.2. The third-order valence-electron chi connectivity index (χ3n) is 3.06. The van der Waals surface area contributed by atoms with E-state index in [0.29, 0.717) is 6.61 Å². The van der Waals surface area contributed by atoms with Crippen LogP contribution in [0.15, 0.2) is 30.3 Å². The molecule has 0 radical (unpaired) electrons. The fourth-order valence-corrected chi connectivity index (χ4v) is 2.05. The zero-order valence-corrected chi connectivity index (χ0v) is 12.9. The molecule has 1 aromatic heterocycles. The van der Waals surface area contributed by atoms with E-state index in [9.17, 15) is 0 Å². The van der Waals surface area contributed by atoms with Crippen LogP contribution in [0.25, 0.3) is 10.9 Å². The first-order valence-corrected chi connectivity index (χ1v) is 7.20. The Morgan fingerprint density at radius 2 is 1.95 bits per heavy atom. The SMILES string of the molecule is Cc1ccc2cccc(OCCCNC(C)(C)C)c2n1. The quantitative estimate of drug-likeness (QED) is 0.843. The number of fused-ring (bicyclic) bond motifs is 1. The first kappa shape index (κ1) is 14.8. The lowest BCUT2D eigenvalue weighted by molar-refractivity contribution is 0.300. The van der Waals surface area contributed by atoms with Gasteiger partial charge in [0.2, 0.25) is 0 Å². The number of nitrogens with one attached hydrogen (secondary N) is 1. The summed E-state index contributed by atoms with van der Waals surface area (Å²) in [5.41, 5.74) is 2.14. The van der Waals surface area contributed by atoms with Crippen LogP contribution in [0.1, 0.15) is 32.9 Å². The van der Waals surface area contributed by atoms with Crippen LogP contribution < -0.4 is 10.1 Å². The highest BCUT2D eigenvalue weighted by Crippen LogP contribution is 2.23. The van der Waals surface area contributed by atoms with Gasteiger partial charge in [-0.15, -0.1) is 0 Å². The van der Waals surface area contributed by atoms with E-state index in [-0.39, 0.29) is 5.54 Å². The third-order valence-corrected chi connectivity index (χ3v) is 3.06. The Labute approximate surface area is 121 Å². The maximum absolute atomic E-state index is 5.89. The number of nitrogens with zero attached hydrogens (tertiary/aromatic N) is 1. The number of hydrogen-bond donors (Lipinski definition) is 1. The molecule has 1 N–H and O–H groups in total. The predicted octanol–water partition coefficient (Wildman–Crippen LogP) is 3.70. The summed E-state index contributed by atoms with van der Waals surface area (Å²) in [4.78, 5) is 4.57. The summed E-state index contributed by atoms with van der Waals surface area (Å²) in [7, 11) is 0. The van der Waals surface area contributed by atoms with Crippen LogP contribution in [0, 0.1) is 6.92 Å². The fraction of sp³-hybridized carbons (Fsp3) is 0.471. The van der Waals surface area contributed by atoms with Crippen molar-refractivity contribution in [2.75, 3.05) is 13.2 Å². The first-order chi connectivity index (χ1) is 9.46. The van der Waals surface area contributed by atoms with Gasteiger partial charge in [0.25, 0.3) is 0 Å². The lowest BCUT2D eigenvalue weighted by Gasteiger charge is -2.20. The number of hydrogen-bond acceptors (Lipinski definition) is 3. The summed E-state index contributed by atoms with van der Waals surface area (Å²) < 4.78 is 5.89. The number of ether oxygens (including phenoxy) is 1. The van der Waals surface area contributed by atoms with Gasteiger partial charge in [-0.3, -0.25) is 0 Å². The van der Waals surface area contributed by atoms with Crippen molar-refractivity contribution in [3.8, 4) is 5.75 Å². The van der Waals surface area contributed by atoms with Crippen molar-refractivity contribution in [2.24, 2.45) is 0 Å². The molecule has 0 aliphatic heterocycles. The van der Waals surface area contributed by atoms with Gasteiger partial charge in [-0.05, 0) is 52.8 Å². The van der Waals surface area contributed by atoms with E-state index in [0.717, 1.165) is 35.3 Å². The van der Waals surface area contributed by atoms with Crippen molar-refractivity contribution in [1.29, 1.82) is 0 Å². The normalized spacial score (nSPS) is 11.8. The van der Waals surface area contributed by atoms with Crippen LogP contribution in [0.3, 0.4) is 0 Å². The van der Waals surface area contributed by atoms with Crippen molar-refractivity contribution in [3.63, 3.8) is 0 Å². The molecule has 3 heteroatoms.